The summed E-state index contributed by atoms with van der Waals surface area (Å²) in [6.45, 7) is 39.1. The zero-order valence-corrected chi connectivity index (χ0v) is 35.4. The van der Waals surface area contributed by atoms with Crippen LogP contribution < -0.4 is 0 Å². The largest absolute Gasteiger partial charge is 0.0776 e. The average molecular weight is 651 g/mol. The van der Waals surface area contributed by atoms with E-state index in [1.54, 1.807) is 0 Å². The van der Waals surface area contributed by atoms with Crippen LogP contribution >= 0.6 is 0 Å². The summed E-state index contributed by atoms with van der Waals surface area (Å²) >= 11 is 0. The van der Waals surface area contributed by atoms with E-state index in [-0.39, 0.29) is 7.43 Å². The summed E-state index contributed by atoms with van der Waals surface area (Å²) in [4.78, 5) is 0. The molecule has 0 aromatic heterocycles. The van der Waals surface area contributed by atoms with Gasteiger partial charge in [-0.15, -0.1) is 0 Å². The van der Waals surface area contributed by atoms with E-state index < -0.39 is 0 Å². The maximum atomic E-state index is 2.46. The van der Waals surface area contributed by atoms with Crippen LogP contribution in [-0.2, 0) is 0 Å². The van der Waals surface area contributed by atoms with E-state index in [0.717, 1.165) is 17.8 Å². The van der Waals surface area contributed by atoms with Crippen LogP contribution in [0.15, 0.2) is 0 Å². The van der Waals surface area contributed by atoms with Crippen molar-refractivity contribution in [1.82, 2.24) is 0 Å². The second-order valence-electron chi connectivity index (χ2n) is 18.2. The Morgan fingerprint density at radius 2 is 0.891 bits per heavy atom. The summed E-state index contributed by atoms with van der Waals surface area (Å²) in [5.41, 5.74) is 3.38. The molecule has 0 saturated heterocycles. The number of hydrogen-bond donors (Lipinski definition) is 0. The monoisotopic (exact) mass is 651 g/mol. The summed E-state index contributed by atoms with van der Waals surface area (Å²) in [6.07, 6.45) is 28.8. The molecule has 4 aliphatic rings. The minimum absolute atomic E-state index is 0. The Bertz CT molecular complexity index is 668. The lowest BCUT2D eigenvalue weighted by atomic mass is 9.65. The van der Waals surface area contributed by atoms with E-state index >= 15 is 0 Å². The molecule has 4 saturated carbocycles. The van der Waals surface area contributed by atoms with Gasteiger partial charge in [0.2, 0.25) is 0 Å². The lowest BCUT2D eigenvalue weighted by Gasteiger charge is -2.41. The van der Waals surface area contributed by atoms with E-state index in [1.807, 2.05) is 27.7 Å². The van der Waals surface area contributed by atoms with Crippen molar-refractivity contribution in [2.24, 2.45) is 44.8 Å². The molecule has 282 valence electrons. The topological polar surface area (TPSA) is 0 Å². The van der Waals surface area contributed by atoms with Crippen molar-refractivity contribution in [2.45, 2.75) is 254 Å². The highest BCUT2D eigenvalue weighted by Crippen LogP contribution is 2.46. The van der Waals surface area contributed by atoms with Crippen molar-refractivity contribution < 1.29 is 0 Å². The highest BCUT2D eigenvalue weighted by Gasteiger charge is 2.33. The van der Waals surface area contributed by atoms with Crippen molar-refractivity contribution in [2.75, 3.05) is 0 Å². The van der Waals surface area contributed by atoms with Crippen molar-refractivity contribution in [3.05, 3.63) is 0 Å². The molecular formula is C46H98. The molecular weight excluding hydrogens is 553 g/mol. The van der Waals surface area contributed by atoms with Crippen LogP contribution in [0.25, 0.3) is 0 Å². The second kappa shape index (κ2) is 25.0. The number of rotatable bonds is 4. The van der Waals surface area contributed by atoms with Gasteiger partial charge >= 0.3 is 0 Å². The molecule has 0 heterocycles. The van der Waals surface area contributed by atoms with Gasteiger partial charge in [-0.2, -0.15) is 0 Å². The summed E-state index contributed by atoms with van der Waals surface area (Å²) in [6, 6.07) is 0. The highest BCUT2D eigenvalue weighted by atomic mass is 14.4. The van der Waals surface area contributed by atoms with Crippen LogP contribution in [0.1, 0.15) is 254 Å². The quantitative estimate of drug-likeness (QED) is 0.284. The Morgan fingerprint density at radius 3 is 1.24 bits per heavy atom. The van der Waals surface area contributed by atoms with Crippen LogP contribution in [0.5, 0.6) is 0 Å². The molecule has 0 radical (unpaired) electrons. The highest BCUT2D eigenvalue weighted by molar-refractivity contribution is 4.85. The van der Waals surface area contributed by atoms with Crippen LogP contribution in [0, 0.1) is 44.8 Å². The zero-order chi connectivity index (χ0) is 35.4. The van der Waals surface area contributed by atoms with Gasteiger partial charge in [0.15, 0.2) is 0 Å². The molecule has 0 aromatic carbocycles. The zero-order valence-electron chi connectivity index (χ0n) is 35.4. The van der Waals surface area contributed by atoms with Gasteiger partial charge in [0, 0.05) is 0 Å². The fraction of sp³-hybridized carbons (Fsp3) is 1.00. The average Bonchev–Trinajstić information content (AvgIpc) is 3.05. The molecule has 4 rings (SSSR count). The molecule has 4 fully saturated rings. The Hall–Kier alpha value is 0. The second-order valence-corrected chi connectivity index (χ2v) is 18.2. The minimum Gasteiger partial charge on any atom is -0.0776 e. The molecule has 0 aliphatic heterocycles. The molecule has 4 aliphatic carbocycles. The normalized spacial score (nSPS) is 34.2. The van der Waals surface area contributed by atoms with E-state index in [0.29, 0.717) is 27.1 Å². The van der Waals surface area contributed by atoms with Gasteiger partial charge in [-0.1, -0.05) is 196 Å². The van der Waals surface area contributed by atoms with Crippen LogP contribution in [-0.4, -0.2) is 0 Å². The van der Waals surface area contributed by atoms with Crippen LogP contribution in [0.4, 0.5) is 0 Å². The first-order valence-electron chi connectivity index (χ1n) is 21.0. The molecule has 4 unspecified atom stereocenters. The van der Waals surface area contributed by atoms with Crippen molar-refractivity contribution in [3.63, 3.8) is 0 Å². The molecule has 0 aromatic rings. The fourth-order valence-electron chi connectivity index (χ4n) is 8.04. The molecule has 0 N–H and O–H groups in total. The molecule has 0 heteroatoms. The van der Waals surface area contributed by atoms with Gasteiger partial charge in [0.25, 0.3) is 0 Å². The number of hydrogen-bond acceptors (Lipinski definition) is 0. The minimum atomic E-state index is 0. The lowest BCUT2D eigenvalue weighted by molar-refractivity contribution is 0.113. The first kappa shape index (κ1) is 50.4. The molecule has 4 atom stereocenters. The van der Waals surface area contributed by atoms with Crippen molar-refractivity contribution in [1.29, 1.82) is 0 Å². The standard InChI is InChI=1S/C11H22.3C10H20.2C2H6.CH4/c1-5-11(4)8-6-10(2,3)7-9-11;1-4-10(3)7-5-9(2)6-8-10;1-4-10(3)7-5-6-9(2)8-10;1-4-10(3)8-6-5-7-9(10)2;2*1-2;/h5-9H2,1-4H3;3*9H,4-8H2,1-3H3;2*1-2H3;1H4. The van der Waals surface area contributed by atoms with E-state index in [9.17, 15) is 0 Å². The maximum absolute atomic E-state index is 2.46. The predicted octanol–water partition coefficient (Wildman–Crippen LogP) is 17.5. The Labute approximate surface area is 297 Å². The van der Waals surface area contributed by atoms with Gasteiger partial charge in [-0.05, 0) is 103 Å². The fourth-order valence-corrected chi connectivity index (χ4v) is 8.04. The molecule has 0 amide bonds. The van der Waals surface area contributed by atoms with Crippen molar-refractivity contribution in [3.8, 4) is 0 Å². The SMILES string of the molecule is C.CC.CC.CCC1(C)CCC(C)(C)CC1.CCC1(C)CCC(C)CC1.CCC1(C)CCCC(C)C1.CCC1(C)CCCCC1C. The van der Waals surface area contributed by atoms with Gasteiger partial charge in [0.05, 0.1) is 0 Å². The maximum Gasteiger partial charge on any atom is -0.0303 e. The molecule has 0 nitrogen and oxygen atoms in total. The van der Waals surface area contributed by atoms with Gasteiger partial charge in [-0.25, -0.2) is 0 Å². The smallest absolute Gasteiger partial charge is 0.0303 e. The lowest BCUT2D eigenvalue weighted by Crippen LogP contribution is -2.28. The van der Waals surface area contributed by atoms with E-state index in [2.05, 4.69) is 90.0 Å². The Balaban J connectivity index is -0.000000513. The Morgan fingerprint density at radius 1 is 0.435 bits per heavy atom. The Kier molecular flexibility index (Phi) is 27.4. The summed E-state index contributed by atoms with van der Waals surface area (Å²) in [5, 5.41) is 0. The first-order valence-corrected chi connectivity index (χ1v) is 21.0. The third-order valence-corrected chi connectivity index (χ3v) is 13.8. The van der Waals surface area contributed by atoms with E-state index in [4.69, 9.17) is 0 Å². The summed E-state index contributed by atoms with van der Waals surface area (Å²) < 4.78 is 0. The predicted molar refractivity (Wildman–Crippen MR) is 218 cm³/mol. The molecule has 0 spiro atoms. The molecule has 0 bridgehead atoms. The molecule has 46 heavy (non-hydrogen) atoms. The van der Waals surface area contributed by atoms with Gasteiger partial charge in [-0.3, -0.25) is 0 Å². The van der Waals surface area contributed by atoms with Gasteiger partial charge < -0.3 is 0 Å². The van der Waals surface area contributed by atoms with E-state index in [1.165, 1.54) is 128 Å². The third kappa shape index (κ3) is 19.9. The van der Waals surface area contributed by atoms with Crippen LogP contribution in [0.2, 0.25) is 0 Å². The van der Waals surface area contributed by atoms with Crippen molar-refractivity contribution >= 4 is 0 Å². The summed E-state index contributed by atoms with van der Waals surface area (Å²) in [7, 11) is 0. The van der Waals surface area contributed by atoms with Gasteiger partial charge in [0.1, 0.15) is 0 Å². The summed E-state index contributed by atoms with van der Waals surface area (Å²) in [5.74, 6) is 2.95. The third-order valence-electron chi connectivity index (χ3n) is 13.8. The first-order chi connectivity index (χ1) is 21.0. The van der Waals surface area contributed by atoms with Crippen LogP contribution in [0.3, 0.4) is 0 Å².